The van der Waals surface area contributed by atoms with Crippen LogP contribution in [0.3, 0.4) is 0 Å². The molecule has 8 heteroatoms. The topological polar surface area (TPSA) is 90.8 Å². The Bertz CT molecular complexity index is 1480. The fourth-order valence-electron chi connectivity index (χ4n) is 6.25. The number of carbonyl (C=O) groups excluding carboxylic acids is 2. The predicted molar refractivity (Wildman–Crippen MR) is 165 cm³/mol. The highest BCUT2D eigenvalue weighted by molar-refractivity contribution is 5.97. The van der Waals surface area contributed by atoms with Crippen molar-refractivity contribution in [2.45, 2.75) is 57.3 Å². The molecule has 224 valence electrons. The minimum absolute atomic E-state index is 0.00912. The fraction of sp³-hybridized carbons (Fsp3) is 0.371. The van der Waals surface area contributed by atoms with E-state index in [1.165, 1.54) is 5.56 Å². The quantitative estimate of drug-likeness (QED) is 0.250. The molecule has 4 aromatic rings. The molecule has 2 saturated heterocycles. The molecule has 2 atom stereocenters. The van der Waals surface area contributed by atoms with Crippen molar-refractivity contribution < 1.29 is 18.7 Å². The van der Waals surface area contributed by atoms with Crippen LogP contribution >= 0.6 is 0 Å². The average Bonchev–Trinajstić information content (AvgIpc) is 3.83. The number of aromatic nitrogens is 1. The Kier molecular flexibility index (Phi) is 9.05. The number of nitrogens with one attached hydrogen (secondary N) is 2. The fourth-order valence-corrected chi connectivity index (χ4v) is 6.25. The smallest absolute Gasteiger partial charge is 0.271 e. The van der Waals surface area contributed by atoms with Gasteiger partial charge in [-0.25, -0.2) is 0 Å². The number of rotatable bonds is 10. The van der Waals surface area contributed by atoms with Gasteiger partial charge in [0.15, 0.2) is 6.04 Å². The molecule has 6 rings (SSSR count). The van der Waals surface area contributed by atoms with Gasteiger partial charge in [0, 0.05) is 44.5 Å². The summed E-state index contributed by atoms with van der Waals surface area (Å²) in [5.41, 5.74) is 3.57. The third kappa shape index (κ3) is 6.92. The van der Waals surface area contributed by atoms with Gasteiger partial charge in [0.1, 0.15) is 17.2 Å². The van der Waals surface area contributed by atoms with E-state index < -0.39 is 6.04 Å². The Morgan fingerprint density at radius 1 is 0.953 bits per heavy atom. The number of benzene rings is 2. The second-order valence-electron chi connectivity index (χ2n) is 11.6. The lowest BCUT2D eigenvalue weighted by Gasteiger charge is -2.41. The maximum atomic E-state index is 14.5. The maximum Gasteiger partial charge on any atom is 0.271 e. The van der Waals surface area contributed by atoms with Crippen molar-refractivity contribution in [1.29, 1.82) is 0 Å². The number of hydrogen-bond acceptors (Lipinski definition) is 5. The van der Waals surface area contributed by atoms with Crippen molar-refractivity contribution >= 4 is 11.8 Å². The molecule has 8 nitrogen and oxygen atoms in total. The molecule has 2 aromatic heterocycles. The maximum absolute atomic E-state index is 14.5. The van der Waals surface area contributed by atoms with Gasteiger partial charge in [-0.05, 0) is 68.0 Å². The Morgan fingerprint density at radius 3 is 2.37 bits per heavy atom. The lowest BCUT2D eigenvalue weighted by molar-refractivity contribution is -0.128. The van der Waals surface area contributed by atoms with Gasteiger partial charge in [-0.1, -0.05) is 60.7 Å². The van der Waals surface area contributed by atoms with E-state index in [0.29, 0.717) is 30.4 Å². The molecule has 4 heterocycles. The average molecular weight is 581 g/mol. The monoisotopic (exact) mass is 580 g/mol. The molecule has 2 aromatic carbocycles. The SMILES string of the molecule is Cc1ccc(C(C(=O)NCC2CCCO2)N(C(=O)c2ccc(-c3ccccc3)[nH]2)C2CCN(Cc3ccccc3)CC2)o1. The molecule has 43 heavy (non-hydrogen) atoms. The van der Waals surface area contributed by atoms with Crippen LogP contribution in [0.15, 0.2) is 89.3 Å². The second kappa shape index (κ2) is 13.4. The molecule has 2 N–H and O–H groups in total. The van der Waals surface area contributed by atoms with Crippen molar-refractivity contribution in [1.82, 2.24) is 20.1 Å². The highest BCUT2D eigenvalue weighted by Gasteiger charge is 2.40. The summed E-state index contributed by atoms with van der Waals surface area (Å²) in [5.74, 6) is 0.704. The van der Waals surface area contributed by atoms with E-state index in [0.717, 1.165) is 56.6 Å². The lowest BCUT2D eigenvalue weighted by Crippen LogP contribution is -2.52. The number of carbonyl (C=O) groups is 2. The van der Waals surface area contributed by atoms with Crippen LogP contribution in [0.25, 0.3) is 11.3 Å². The van der Waals surface area contributed by atoms with Crippen molar-refractivity contribution in [2.24, 2.45) is 0 Å². The van der Waals surface area contributed by atoms with Gasteiger partial charge in [0.2, 0.25) is 0 Å². The van der Waals surface area contributed by atoms with Crippen molar-refractivity contribution in [3.63, 3.8) is 0 Å². The molecule has 2 aliphatic heterocycles. The largest absolute Gasteiger partial charge is 0.464 e. The number of ether oxygens (including phenoxy) is 1. The molecular weight excluding hydrogens is 540 g/mol. The van der Waals surface area contributed by atoms with Gasteiger partial charge < -0.3 is 24.4 Å². The summed E-state index contributed by atoms with van der Waals surface area (Å²) in [6, 6.07) is 26.7. The molecule has 0 bridgehead atoms. The minimum atomic E-state index is -0.906. The van der Waals surface area contributed by atoms with Gasteiger partial charge in [-0.2, -0.15) is 0 Å². The number of likely N-dealkylation sites (tertiary alicyclic amines) is 1. The third-order valence-electron chi connectivity index (χ3n) is 8.52. The highest BCUT2D eigenvalue weighted by Crippen LogP contribution is 2.32. The first-order chi connectivity index (χ1) is 21.0. The van der Waals surface area contributed by atoms with Crippen LogP contribution in [0.4, 0.5) is 0 Å². The standard InChI is InChI=1S/C35H40N4O4/c1-25-14-17-32(43-25)33(34(40)36-23-29-13-8-22-42-29)39(28-18-20-38(21-19-28)24-26-9-4-2-5-10-26)35(41)31-16-15-30(37-31)27-11-6-3-7-12-27/h2-7,9-12,14-17,28-29,33,37H,8,13,18-24H2,1H3,(H,36,40). The zero-order valence-corrected chi connectivity index (χ0v) is 24.7. The van der Waals surface area contributed by atoms with Crippen LogP contribution < -0.4 is 5.32 Å². The van der Waals surface area contributed by atoms with Gasteiger partial charge >= 0.3 is 0 Å². The highest BCUT2D eigenvalue weighted by atomic mass is 16.5. The molecule has 2 fully saturated rings. The van der Waals surface area contributed by atoms with Crippen molar-refractivity contribution in [2.75, 3.05) is 26.2 Å². The van der Waals surface area contributed by atoms with Crippen molar-refractivity contribution in [3.05, 3.63) is 108 Å². The van der Waals surface area contributed by atoms with Gasteiger partial charge in [-0.3, -0.25) is 14.5 Å². The van der Waals surface area contributed by atoms with Crippen LogP contribution in [-0.4, -0.2) is 65.0 Å². The molecule has 2 aliphatic rings. The summed E-state index contributed by atoms with van der Waals surface area (Å²) in [6.45, 7) is 5.49. The van der Waals surface area contributed by atoms with Gasteiger partial charge in [0.25, 0.3) is 11.8 Å². The number of nitrogens with zero attached hydrogens (tertiary/aromatic N) is 2. The molecule has 0 spiro atoms. The summed E-state index contributed by atoms with van der Waals surface area (Å²) in [7, 11) is 0. The van der Waals surface area contributed by atoms with Crippen LogP contribution in [0.2, 0.25) is 0 Å². The lowest BCUT2D eigenvalue weighted by atomic mass is 9.98. The molecule has 0 aliphatic carbocycles. The summed E-state index contributed by atoms with van der Waals surface area (Å²) in [4.78, 5) is 36.0. The number of hydrogen-bond donors (Lipinski definition) is 2. The number of amides is 2. The van der Waals surface area contributed by atoms with Crippen LogP contribution in [0.1, 0.15) is 59.3 Å². The first-order valence-electron chi connectivity index (χ1n) is 15.3. The normalized spacial score (nSPS) is 18.4. The summed E-state index contributed by atoms with van der Waals surface area (Å²) in [5, 5.41) is 3.09. The van der Waals surface area contributed by atoms with E-state index in [-0.39, 0.29) is 24.0 Å². The zero-order valence-electron chi connectivity index (χ0n) is 24.7. The van der Waals surface area contributed by atoms with E-state index in [4.69, 9.17) is 9.15 Å². The third-order valence-corrected chi connectivity index (χ3v) is 8.52. The van der Waals surface area contributed by atoms with Crippen LogP contribution in [0.5, 0.6) is 0 Å². The minimum Gasteiger partial charge on any atom is -0.464 e. The zero-order chi connectivity index (χ0) is 29.6. The number of piperidine rings is 1. The van der Waals surface area contributed by atoms with Gasteiger partial charge in [-0.15, -0.1) is 0 Å². The number of aryl methyl sites for hydroxylation is 1. The van der Waals surface area contributed by atoms with E-state index in [9.17, 15) is 9.59 Å². The Labute approximate surface area is 253 Å². The summed E-state index contributed by atoms with van der Waals surface area (Å²) >= 11 is 0. The van der Waals surface area contributed by atoms with E-state index in [1.54, 1.807) is 4.90 Å². The Morgan fingerprint density at radius 2 is 1.70 bits per heavy atom. The summed E-state index contributed by atoms with van der Waals surface area (Å²) in [6.07, 6.45) is 3.40. The van der Waals surface area contributed by atoms with Gasteiger partial charge in [0.05, 0.1) is 6.10 Å². The molecule has 0 radical (unpaired) electrons. The van der Waals surface area contributed by atoms with E-state index in [1.807, 2.05) is 67.6 Å². The summed E-state index contributed by atoms with van der Waals surface area (Å²) < 4.78 is 11.8. The first kappa shape index (κ1) is 29.0. The number of furan rings is 1. The molecule has 0 saturated carbocycles. The number of H-pyrrole nitrogens is 1. The number of aromatic amines is 1. The molecular formula is C35H40N4O4. The first-order valence-corrected chi connectivity index (χ1v) is 15.3. The van der Waals surface area contributed by atoms with Crippen LogP contribution in [0, 0.1) is 6.92 Å². The molecule has 2 unspecified atom stereocenters. The Balaban J connectivity index is 1.29. The van der Waals surface area contributed by atoms with E-state index in [2.05, 4.69) is 39.5 Å². The van der Waals surface area contributed by atoms with E-state index >= 15 is 0 Å². The molecule has 2 amide bonds. The Hall–Kier alpha value is -4.14. The van der Waals surface area contributed by atoms with Crippen molar-refractivity contribution in [3.8, 4) is 11.3 Å². The predicted octanol–water partition coefficient (Wildman–Crippen LogP) is 5.73. The van der Waals surface area contributed by atoms with Crippen LogP contribution in [-0.2, 0) is 16.1 Å². The second-order valence-corrected chi connectivity index (χ2v) is 11.6.